The van der Waals surface area contributed by atoms with Crippen LogP contribution in [0.25, 0.3) is 11.1 Å². The first-order valence-corrected chi connectivity index (χ1v) is 8.44. The van der Waals surface area contributed by atoms with Crippen molar-refractivity contribution in [2.45, 2.75) is 18.9 Å². The minimum Gasteiger partial charge on any atom is -0.478 e. The quantitative estimate of drug-likeness (QED) is 0.885. The van der Waals surface area contributed by atoms with Crippen molar-refractivity contribution in [2.24, 2.45) is 0 Å². The van der Waals surface area contributed by atoms with Crippen LogP contribution in [0.5, 0.6) is 0 Å². The number of hydrogen-bond donors (Lipinski definition) is 2. The van der Waals surface area contributed by atoms with Crippen LogP contribution in [0.2, 0.25) is 0 Å². The van der Waals surface area contributed by atoms with Crippen LogP contribution in [-0.2, 0) is 4.79 Å². The van der Waals surface area contributed by atoms with Gasteiger partial charge in [-0.2, -0.15) is 0 Å². The first-order chi connectivity index (χ1) is 12.5. The number of likely N-dealkylation sites (N-methyl/N-ethyl adjacent to an activating group) is 1. The summed E-state index contributed by atoms with van der Waals surface area (Å²) in [6.45, 7) is 0.471. The Labute approximate surface area is 151 Å². The smallest absolute Gasteiger partial charge is 0.336 e. The van der Waals surface area contributed by atoms with Crippen molar-refractivity contribution in [2.75, 3.05) is 13.6 Å². The fourth-order valence-corrected chi connectivity index (χ4v) is 3.21. The molecule has 1 fully saturated rings. The molecule has 0 spiro atoms. The Morgan fingerprint density at radius 1 is 1.04 bits per heavy atom. The second-order valence-electron chi connectivity index (χ2n) is 6.38. The summed E-state index contributed by atoms with van der Waals surface area (Å²) in [5.41, 5.74) is 1.64. The SMILES string of the molecule is CN1CC(NC(=O)c2ccccc2-c2ccccc2C(=O)O)CCC1=O. The zero-order chi connectivity index (χ0) is 18.7. The predicted molar refractivity (Wildman–Crippen MR) is 97.0 cm³/mol. The highest BCUT2D eigenvalue weighted by Gasteiger charge is 2.25. The summed E-state index contributed by atoms with van der Waals surface area (Å²) in [7, 11) is 1.72. The van der Waals surface area contributed by atoms with E-state index in [0.717, 1.165) is 0 Å². The summed E-state index contributed by atoms with van der Waals surface area (Å²) >= 11 is 0. The monoisotopic (exact) mass is 352 g/mol. The molecule has 1 saturated heterocycles. The van der Waals surface area contributed by atoms with Gasteiger partial charge in [-0.25, -0.2) is 4.79 Å². The maximum Gasteiger partial charge on any atom is 0.336 e. The van der Waals surface area contributed by atoms with Gasteiger partial charge in [-0.05, 0) is 29.7 Å². The molecule has 2 aromatic rings. The van der Waals surface area contributed by atoms with E-state index in [9.17, 15) is 19.5 Å². The first-order valence-electron chi connectivity index (χ1n) is 8.44. The molecule has 0 radical (unpaired) electrons. The van der Waals surface area contributed by atoms with Crippen molar-refractivity contribution in [3.63, 3.8) is 0 Å². The molecule has 1 aliphatic rings. The van der Waals surface area contributed by atoms with Gasteiger partial charge in [0.25, 0.3) is 5.91 Å². The summed E-state index contributed by atoms with van der Waals surface area (Å²) in [6.07, 6.45) is 1.01. The van der Waals surface area contributed by atoms with Crippen LogP contribution in [0.3, 0.4) is 0 Å². The Morgan fingerprint density at radius 2 is 1.62 bits per heavy atom. The zero-order valence-corrected chi connectivity index (χ0v) is 14.4. The number of piperidine rings is 1. The highest BCUT2D eigenvalue weighted by Crippen LogP contribution is 2.27. The average Bonchev–Trinajstić information content (AvgIpc) is 2.64. The number of benzene rings is 2. The van der Waals surface area contributed by atoms with Gasteiger partial charge in [0.2, 0.25) is 5.91 Å². The number of hydrogen-bond acceptors (Lipinski definition) is 3. The molecular weight excluding hydrogens is 332 g/mol. The van der Waals surface area contributed by atoms with Gasteiger partial charge in [-0.1, -0.05) is 36.4 Å². The number of rotatable bonds is 4. The van der Waals surface area contributed by atoms with Gasteiger partial charge in [0.15, 0.2) is 0 Å². The number of amides is 2. The third-order valence-electron chi connectivity index (χ3n) is 4.58. The van der Waals surface area contributed by atoms with Crippen LogP contribution in [0.4, 0.5) is 0 Å². The number of carbonyl (C=O) groups is 3. The third kappa shape index (κ3) is 3.59. The van der Waals surface area contributed by atoms with Crippen molar-refractivity contribution < 1.29 is 19.5 Å². The van der Waals surface area contributed by atoms with Gasteiger partial charge in [-0.3, -0.25) is 9.59 Å². The van der Waals surface area contributed by atoms with E-state index in [4.69, 9.17) is 0 Å². The maximum absolute atomic E-state index is 12.8. The van der Waals surface area contributed by atoms with Gasteiger partial charge >= 0.3 is 5.97 Å². The molecule has 0 aromatic heterocycles. The van der Waals surface area contributed by atoms with Crippen LogP contribution in [-0.4, -0.2) is 47.4 Å². The topological polar surface area (TPSA) is 86.7 Å². The normalized spacial score (nSPS) is 17.0. The Balaban J connectivity index is 1.89. The Hall–Kier alpha value is -3.15. The van der Waals surface area contributed by atoms with Gasteiger partial charge in [0.05, 0.1) is 5.56 Å². The molecule has 2 N–H and O–H groups in total. The van der Waals surface area contributed by atoms with Gasteiger partial charge in [-0.15, -0.1) is 0 Å². The van der Waals surface area contributed by atoms with Gasteiger partial charge in [0, 0.05) is 31.6 Å². The standard InChI is InChI=1S/C20H20N2O4/c1-22-12-13(10-11-18(22)23)21-19(24)16-8-4-2-6-14(16)15-7-3-5-9-17(15)20(25)26/h2-9,13H,10-12H2,1H3,(H,21,24)(H,25,26). The number of carboxylic acid groups (broad SMARTS) is 1. The fourth-order valence-electron chi connectivity index (χ4n) is 3.21. The highest BCUT2D eigenvalue weighted by molar-refractivity contribution is 6.04. The van der Waals surface area contributed by atoms with Crippen LogP contribution in [0.1, 0.15) is 33.6 Å². The molecule has 0 bridgehead atoms. The minimum atomic E-state index is -1.04. The Morgan fingerprint density at radius 3 is 2.23 bits per heavy atom. The van der Waals surface area contributed by atoms with Crippen LogP contribution < -0.4 is 5.32 Å². The summed E-state index contributed by atoms with van der Waals surface area (Å²) in [5.74, 6) is -1.23. The summed E-state index contributed by atoms with van der Waals surface area (Å²) in [6, 6.07) is 13.5. The number of carboxylic acids is 1. The molecule has 2 aromatic carbocycles. The van der Waals surface area contributed by atoms with Crippen LogP contribution in [0.15, 0.2) is 48.5 Å². The molecular formula is C20H20N2O4. The predicted octanol–water partition coefficient (Wildman–Crippen LogP) is 2.40. The van der Waals surface area contributed by atoms with Crippen molar-refractivity contribution in [1.29, 1.82) is 0 Å². The summed E-state index contributed by atoms with van der Waals surface area (Å²) in [5, 5.41) is 12.4. The van der Waals surface area contributed by atoms with Crippen molar-refractivity contribution in [1.82, 2.24) is 10.2 Å². The van der Waals surface area contributed by atoms with Gasteiger partial charge in [0.1, 0.15) is 0 Å². The lowest BCUT2D eigenvalue weighted by atomic mass is 9.94. The number of carbonyl (C=O) groups excluding carboxylic acids is 2. The molecule has 2 amide bonds. The lowest BCUT2D eigenvalue weighted by molar-refractivity contribution is -0.132. The molecule has 1 atom stereocenters. The molecule has 0 saturated carbocycles. The number of aromatic carboxylic acids is 1. The molecule has 6 nitrogen and oxygen atoms in total. The van der Waals surface area contributed by atoms with E-state index in [1.54, 1.807) is 54.4 Å². The van der Waals surface area contributed by atoms with Gasteiger partial charge < -0.3 is 15.3 Å². The van der Waals surface area contributed by atoms with E-state index in [2.05, 4.69) is 5.32 Å². The molecule has 3 rings (SSSR count). The molecule has 1 heterocycles. The van der Waals surface area contributed by atoms with E-state index >= 15 is 0 Å². The lowest BCUT2D eigenvalue weighted by Crippen LogP contribution is -2.48. The number of likely N-dealkylation sites (tertiary alicyclic amines) is 1. The lowest BCUT2D eigenvalue weighted by Gasteiger charge is -2.30. The average molecular weight is 352 g/mol. The molecule has 134 valence electrons. The van der Waals surface area contributed by atoms with Crippen molar-refractivity contribution in [3.8, 4) is 11.1 Å². The maximum atomic E-state index is 12.8. The number of nitrogens with zero attached hydrogens (tertiary/aromatic N) is 1. The molecule has 6 heteroatoms. The van der Waals surface area contributed by atoms with E-state index in [0.29, 0.717) is 36.1 Å². The third-order valence-corrected chi connectivity index (χ3v) is 4.58. The van der Waals surface area contributed by atoms with Crippen molar-refractivity contribution >= 4 is 17.8 Å². The first kappa shape index (κ1) is 17.7. The van der Waals surface area contributed by atoms with Crippen molar-refractivity contribution in [3.05, 3.63) is 59.7 Å². The largest absolute Gasteiger partial charge is 0.478 e. The summed E-state index contributed by atoms with van der Waals surface area (Å²) < 4.78 is 0. The number of nitrogens with one attached hydrogen (secondary N) is 1. The zero-order valence-electron chi connectivity index (χ0n) is 14.4. The Kier molecular flexibility index (Phi) is 5.02. The second kappa shape index (κ2) is 7.39. The highest BCUT2D eigenvalue weighted by atomic mass is 16.4. The Bertz CT molecular complexity index is 862. The van der Waals surface area contributed by atoms with E-state index in [-0.39, 0.29) is 23.4 Å². The fraction of sp³-hybridized carbons (Fsp3) is 0.250. The van der Waals surface area contributed by atoms with Crippen LogP contribution in [0, 0.1) is 0 Å². The molecule has 26 heavy (non-hydrogen) atoms. The van der Waals surface area contributed by atoms with E-state index < -0.39 is 5.97 Å². The second-order valence-corrected chi connectivity index (χ2v) is 6.38. The summed E-state index contributed by atoms with van der Waals surface area (Å²) in [4.78, 5) is 37.5. The van der Waals surface area contributed by atoms with Crippen LogP contribution >= 0.6 is 0 Å². The minimum absolute atomic E-state index is 0.0753. The molecule has 1 aliphatic heterocycles. The van der Waals surface area contributed by atoms with E-state index in [1.165, 1.54) is 6.07 Å². The molecule has 1 unspecified atom stereocenters. The molecule has 0 aliphatic carbocycles. The van der Waals surface area contributed by atoms with E-state index in [1.807, 2.05) is 0 Å².